The zero-order valence-electron chi connectivity index (χ0n) is 15.9. The Morgan fingerprint density at radius 2 is 1.76 bits per heavy atom. The number of nitrogens with zero attached hydrogens (tertiary/aromatic N) is 2. The van der Waals surface area contributed by atoms with Gasteiger partial charge < -0.3 is 20.1 Å². The summed E-state index contributed by atoms with van der Waals surface area (Å²) in [6.45, 7) is -0.229. The van der Waals surface area contributed by atoms with E-state index in [2.05, 4.69) is 10.3 Å². The summed E-state index contributed by atoms with van der Waals surface area (Å²) in [7, 11) is 1.59. The number of carbonyl (C=O) groups is 2. The smallest absolute Gasteiger partial charge is 0.323 e. The monoisotopic (exact) mass is 391 g/mol. The third-order valence-electron chi connectivity index (χ3n) is 4.22. The van der Waals surface area contributed by atoms with E-state index in [0.29, 0.717) is 17.1 Å². The van der Waals surface area contributed by atoms with E-state index in [9.17, 15) is 14.7 Å². The standard InChI is InChI=1S/C22H21N3O4/c1-29-18-11-9-17(10-12-18)24-21-19(8-5-13-23-21)22(28)25(15-20(26)27)14-16-6-3-2-4-7-16/h2-13H,14-15H2,1H3,(H,23,24)(H,26,27). The van der Waals surface area contributed by atoms with Crippen LogP contribution in [0.15, 0.2) is 72.9 Å². The number of nitrogens with one attached hydrogen (secondary N) is 1. The molecule has 0 atom stereocenters. The van der Waals surface area contributed by atoms with E-state index in [1.165, 1.54) is 4.90 Å². The Morgan fingerprint density at radius 1 is 1.03 bits per heavy atom. The topological polar surface area (TPSA) is 91.8 Å². The van der Waals surface area contributed by atoms with Gasteiger partial charge in [0.1, 0.15) is 18.1 Å². The van der Waals surface area contributed by atoms with E-state index in [-0.39, 0.29) is 6.54 Å². The van der Waals surface area contributed by atoms with Crippen molar-refractivity contribution in [1.82, 2.24) is 9.88 Å². The third kappa shape index (κ3) is 5.32. The molecule has 0 fully saturated rings. The number of benzene rings is 2. The molecule has 1 heterocycles. The molecule has 148 valence electrons. The van der Waals surface area contributed by atoms with Crippen molar-refractivity contribution in [2.75, 3.05) is 19.0 Å². The second kappa shape index (κ2) is 9.36. The van der Waals surface area contributed by atoms with Crippen LogP contribution < -0.4 is 10.1 Å². The molecule has 0 bridgehead atoms. The molecule has 7 nitrogen and oxygen atoms in total. The normalized spacial score (nSPS) is 10.2. The number of aliphatic carboxylic acids is 1. The number of hydrogen-bond acceptors (Lipinski definition) is 5. The Balaban J connectivity index is 1.86. The Hall–Kier alpha value is -3.87. The molecule has 7 heteroatoms. The number of carboxylic acid groups (broad SMARTS) is 1. The predicted octanol–water partition coefficient (Wildman–Crippen LogP) is 3.56. The molecule has 29 heavy (non-hydrogen) atoms. The average molecular weight is 391 g/mol. The first-order valence-corrected chi connectivity index (χ1v) is 8.98. The molecule has 1 amide bonds. The predicted molar refractivity (Wildman–Crippen MR) is 109 cm³/mol. The fraction of sp³-hybridized carbons (Fsp3) is 0.136. The van der Waals surface area contributed by atoms with Crippen LogP contribution in [0.5, 0.6) is 5.75 Å². The molecule has 0 aliphatic carbocycles. The summed E-state index contributed by atoms with van der Waals surface area (Å²) >= 11 is 0. The highest BCUT2D eigenvalue weighted by Crippen LogP contribution is 2.22. The summed E-state index contributed by atoms with van der Waals surface area (Å²) < 4.78 is 5.15. The molecule has 3 rings (SSSR count). The minimum absolute atomic E-state index is 0.183. The van der Waals surface area contributed by atoms with Gasteiger partial charge in [0.2, 0.25) is 0 Å². The minimum Gasteiger partial charge on any atom is -0.497 e. The van der Waals surface area contributed by atoms with E-state index in [1.807, 2.05) is 30.3 Å². The lowest BCUT2D eigenvalue weighted by Crippen LogP contribution is -2.35. The zero-order valence-corrected chi connectivity index (χ0v) is 15.9. The van der Waals surface area contributed by atoms with Gasteiger partial charge in [-0.25, -0.2) is 4.98 Å². The lowest BCUT2D eigenvalue weighted by Gasteiger charge is -2.22. The zero-order chi connectivity index (χ0) is 20.6. The number of hydrogen-bond donors (Lipinski definition) is 2. The fourth-order valence-corrected chi connectivity index (χ4v) is 2.83. The minimum atomic E-state index is -1.08. The van der Waals surface area contributed by atoms with Crippen LogP contribution in [0.2, 0.25) is 0 Å². The second-order valence-electron chi connectivity index (χ2n) is 6.29. The first-order valence-electron chi connectivity index (χ1n) is 8.98. The van der Waals surface area contributed by atoms with Crippen LogP contribution in [-0.2, 0) is 11.3 Å². The first kappa shape index (κ1) is 19.9. The van der Waals surface area contributed by atoms with Crippen LogP contribution in [0.4, 0.5) is 11.5 Å². The van der Waals surface area contributed by atoms with Crippen LogP contribution in [-0.4, -0.2) is 40.5 Å². The van der Waals surface area contributed by atoms with Crippen molar-refractivity contribution in [2.45, 2.75) is 6.54 Å². The van der Waals surface area contributed by atoms with Crippen LogP contribution in [0.3, 0.4) is 0 Å². The number of aromatic nitrogens is 1. The van der Waals surface area contributed by atoms with Crippen molar-refractivity contribution < 1.29 is 19.4 Å². The van der Waals surface area contributed by atoms with Gasteiger partial charge in [-0.3, -0.25) is 9.59 Å². The number of amides is 1. The quantitative estimate of drug-likeness (QED) is 0.610. The van der Waals surface area contributed by atoms with Crippen molar-refractivity contribution in [2.24, 2.45) is 0 Å². The van der Waals surface area contributed by atoms with Crippen molar-refractivity contribution in [1.29, 1.82) is 0 Å². The molecule has 3 aromatic rings. The largest absolute Gasteiger partial charge is 0.497 e. The highest BCUT2D eigenvalue weighted by atomic mass is 16.5. The highest BCUT2D eigenvalue weighted by Gasteiger charge is 2.22. The maximum absolute atomic E-state index is 13.2. The number of carboxylic acids is 1. The number of ether oxygens (including phenoxy) is 1. The van der Waals surface area contributed by atoms with E-state index in [0.717, 1.165) is 11.3 Å². The summed E-state index contributed by atoms with van der Waals surface area (Å²) in [6.07, 6.45) is 1.57. The van der Waals surface area contributed by atoms with E-state index < -0.39 is 18.4 Å². The maximum Gasteiger partial charge on any atom is 0.323 e. The Bertz CT molecular complexity index is 975. The van der Waals surface area contributed by atoms with E-state index >= 15 is 0 Å². The molecular formula is C22H21N3O4. The summed E-state index contributed by atoms with van der Waals surface area (Å²) in [5.41, 5.74) is 1.86. The molecule has 0 aliphatic rings. The van der Waals surface area contributed by atoms with Crippen LogP contribution in [0, 0.1) is 0 Å². The number of pyridine rings is 1. The maximum atomic E-state index is 13.2. The van der Waals surface area contributed by atoms with E-state index in [1.54, 1.807) is 49.7 Å². The molecule has 0 saturated heterocycles. The van der Waals surface area contributed by atoms with Crippen LogP contribution in [0.1, 0.15) is 15.9 Å². The fourth-order valence-electron chi connectivity index (χ4n) is 2.83. The summed E-state index contributed by atoms with van der Waals surface area (Å²) in [6, 6.07) is 19.7. The van der Waals surface area contributed by atoms with Gasteiger partial charge in [0, 0.05) is 18.4 Å². The molecule has 0 unspecified atom stereocenters. The van der Waals surface area contributed by atoms with Gasteiger partial charge in [0.05, 0.1) is 12.7 Å². The summed E-state index contributed by atoms with van der Waals surface area (Å²) in [5, 5.41) is 12.4. The summed E-state index contributed by atoms with van der Waals surface area (Å²) in [5.74, 6) is -0.433. The molecule has 0 aliphatic heterocycles. The molecule has 2 aromatic carbocycles. The number of methoxy groups -OCH3 is 1. The van der Waals surface area contributed by atoms with Gasteiger partial charge in [-0.1, -0.05) is 30.3 Å². The average Bonchev–Trinajstić information content (AvgIpc) is 2.74. The van der Waals surface area contributed by atoms with Crippen molar-refractivity contribution in [3.05, 3.63) is 84.1 Å². The molecule has 0 saturated carbocycles. The Kier molecular flexibility index (Phi) is 6.42. The first-order chi connectivity index (χ1) is 14.1. The molecule has 2 N–H and O–H groups in total. The lowest BCUT2D eigenvalue weighted by molar-refractivity contribution is -0.137. The number of carbonyl (C=O) groups excluding carboxylic acids is 1. The Morgan fingerprint density at radius 3 is 2.41 bits per heavy atom. The SMILES string of the molecule is COc1ccc(Nc2ncccc2C(=O)N(CC(=O)O)Cc2ccccc2)cc1. The number of anilines is 2. The van der Waals surface area contributed by atoms with Crippen molar-refractivity contribution in [3.8, 4) is 5.75 Å². The van der Waals surface area contributed by atoms with E-state index in [4.69, 9.17) is 4.74 Å². The highest BCUT2D eigenvalue weighted by molar-refractivity contribution is 6.00. The van der Waals surface area contributed by atoms with Crippen LogP contribution in [0.25, 0.3) is 0 Å². The van der Waals surface area contributed by atoms with Gasteiger partial charge in [0.25, 0.3) is 5.91 Å². The molecule has 1 aromatic heterocycles. The van der Waals surface area contributed by atoms with Crippen molar-refractivity contribution in [3.63, 3.8) is 0 Å². The summed E-state index contributed by atoms with van der Waals surface area (Å²) in [4.78, 5) is 30.0. The third-order valence-corrected chi connectivity index (χ3v) is 4.22. The van der Waals surface area contributed by atoms with Crippen molar-refractivity contribution >= 4 is 23.4 Å². The molecule has 0 spiro atoms. The van der Waals surface area contributed by atoms with Crippen LogP contribution >= 0.6 is 0 Å². The second-order valence-corrected chi connectivity index (χ2v) is 6.29. The number of rotatable bonds is 8. The van der Waals surface area contributed by atoms with Gasteiger partial charge in [-0.2, -0.15) is 0 Å². The van der Waals surface area contributed by atoms with Gasteiger partial charge in [-0.05, 0) is 42.0 Å². The van der Waals surface area contributed by atoms with Gasteiger partial charge in [-0.15, -0.1) is 0 Å². The molecule has 0 radical (unpaired) electrons. The van der Waals surface area contributed by atoms with Gasteiger partial charge >= 0.3 is 5.97 Å². The van der Waals surface area contributed by atoms with Gasteiger partial charge in [0.15, 0.2) is 0 Å². The lowest BCUT2D eigenvalue weighted by atomic mass is 10.1. The Labute approximate surface area is 168 Å². The molecular weight excluding hydrogens is 370 g/mol.